The minimum Gasteiger partial charge on any atom is -0.455 e. The predicted molar refractivity (Wildman–Crippen MR) is 115 cm³/mol. The Kier molecular flexibility index (Phi) is 4.50. The number of halogens is 1. The molecule has 4 aliphatic carbocycles. The van der Waals surface area contributed by atoms with E-state index in [9.17, 15) is 4.79 Å². The molecule has 4 saturated carbocycles. The van der Waals surface area contributed by atoms with Crippen molar-refractivity contribution in [3.8, 4) is 11.5 Å². The van der Waals surface area contributed by atoms with Gasteiger partial charge in [0.05, 0.1) is 5.69 Å². The van der Waals surface area contributed by atoms with Crippen LogP contribution in [0, 0.1) is 17.3 Å². The van der Waals surface area contributed by atoms with Crippen molar-refractivity contribution in [1.82, 2.24) is 0 Å². The van der Waals surface area contributed by atoms with Gasteiger partial charge in [-0.3, -0.25) is 4.79 Å². The van der Waals surface area contributed by atoms with Gasteiger partial charge in [0.1, 0.15) is 5.75 Å². The van der Waals surface area contributed by atoms with Crippen molar-refractivity contribution in [2.45, 2.75) is 49.3 Å². The Labute approximate surface area is 175 Å². The number of nitrogens with one attached hydrogen (secondary N) is 1. The van der Waals surface area contributed by atoms with Crippen LogP contribution in [-0.4, -0.2) is 10.2 Å². The van der Waals surface area contributed by atoms with Crippen molar-refractivity contribution in [3.05, 3.63) is 54.6 Å². The molecule has 146 valence electrons. The van der Waals surface area contributed by atoms with Gasteiger partial charge in [0, 0.05) is 10.7 Å². The number of anilines is 1. The smallest absolute Gasteiger partial charge is 0.225 e. The van der Waals surface area contributed by atoms with E-state index < -0.39 is 0 Å². The molecule has 4 bridgehead atoms. The van der Waals surface area contributed by atoms with Crippen molar-refractivity contribution in [2.75, 3.05) is 5.32 Å². The van der Waals surface area contributed by atoms with E-state index in [2.05, 4.69) is 21.2 Å². The quantitative estimate of drug-likeness (QED) is 0.536. The van der Waals surface area contributed by atoms with Gasteiger partial charge in [0.2, 0.25) is 5.91 Å². The van der Waals surface area contributed by atoms with E-state index in [1.165, 1.54) is 32.1 Å². The summed E-state index contributed by atoms with van der Waals surface area (Å²) in [6.45, 7) is 0. The fourth-order valence-electron chi connectivity index (χ4n) is 6.35. The lowest BCUT2D eigenvalue weighted by Crippen LogP contribution is -2.53. The second kappa shape index (κ2) is 6.91. The summed E-state index contributed by atoms with van der Waals surface area (Å²) in [7, 11) is 0. The number of ether oxygens (including phenoxy) is 1. The van der Waals surface area contributed by atoms with Gasteiger partial charge in [-0.2, -0.15) is 0 Å². The molecule has 0 saturated heterocycles. The maximum absolute atomic E-state index is 13.0. The van der Waals surface area contributed by atoms with Crippen molar-refractivity contribution >= 4 is 27.5 Å². The Morgan fingerprint density at radius 1 is 1.00 bits per heavy atom. The molecule has 3 nitrogen and oxygen atoms in total. The molecule has 0 heterocycles. The highest BCUT2D eigenvalue weighted by Gasteiger charge is 2.57. The molecule has 4 fully saturated rings. The summed E-state index contributed by atoms with van der Waals surface area (Å²) in [5.41, 5.74) is 0.919. The monoisotopic (exact) mass is 439 g/mol. The summed E-state index contributed by atoms with van der Waals surface area (Å²) in [5.74, 6) is 3.16. The number of rotatable bonds is 5. The van der Waals surface area contributed by atoms with Crippen LogP contribution >= 0.6 is 15.9 Å². The maximum atomic E-state index is 13.0. The van der Waals surface area contributed by atoms with E-state index in [1.807, 2.05) is 54.6 Å². The first-order valence-electron chi connectivity index (χ1n) is 10.3. The molecular weight excluding hydrogens is 414 g/mol. The third kappa shape index (κ3) is 3.59. The second-order valence-electron chi connectivity index (χ2n) is 9.25. The van der Waals surface area contributed by atoms with Crippen LogP contribution in [0.25, 0.3) is 0 Å². The molecule has 2 unspecified atom stereocenters. The number of benzene rings is 2. The van der Waals surface area contributed by atoms with Crippen LogP contribution in [0.3, 0.4) is 0 Å². The Morgan fingerprint density at radius 2 is 1.68 bits per heavy atom. The van der Waals surface area contributed by atoms with E-state index in [1.54, 1.807) is 0 Å². The zero-order valence-corrected chi connectivity index (χ0v) is 17.6. The minimum absolute atomic E-state index is 0.113. The molecule has 4 aliphatic rings. The van der Waals surface area contributed by atoms with Crippen molar-refractivity contribution in [1.29, 1.82) is 0 Å². The first-order chi connectivity index (χ1) is 13.5. The lowest BCUT2D eigenvalue weighted by Gasteiger charge is -2.60. The SMILES string of the molecule is O=C(CC12C[C@@H]3C[C@@H](CC(Br)(C3)C1)C2)Nc1ccccc1Oc1ccccc1. The number of hydrogen-bond acceptors (Lipinski definition) is 2. The highest BCUT2D eigenvalue weighted by atomic mass is 79.9. The van der Waals surface area contributed by atoms with E-state index in [4.69, 9.17) is 4.74 Å². The van der Waals surface area contributed by atoms with E-state index in [-0.39, 0.29) is 15.6 Å². The molecule has 6 rings (SSSR count). The average molecular weight is 440 g/mol. The molecule has 4 heteroatoms. The molecule has 0 radical (unpaired) electrons. The third-order valence-electron chi connectivity index (χ3n) is 6.78. The van der Waals surface area contributed by atoms with Gasteiger partial charge in [-0.25, -0.2) is 0 Å². The Morgan fingerprint density at radius 3 is 2.39 bits per heavy atom. The zero-order chi connectivity index (χ0) is 19.2. The summed E-state index contributed by atoms with van der Waals surface area (Å²) in [6.07, 6.45) is 8.14. The van der Waals surface area contributed by atoms with Gasteiger partial charge in [-0.1, -0.05) is 46.3 Å². The zero-order valence-electron chi connectivity index (χ0n) is 16.0. The van der Waals surface area contributed by atoms with E-state index in [0.29, 0.717) is 12.2 Å². The number of carbonyl (C=O) groups is 1. The molecule has 0 aliphatic heterocycles. The molecule has 0 spiro atoms. The number of hydrogen-bond donors (Lipinski definition) is 1. The normalized spacial score (nSPS) is 32.9. The fourth-order valence-corrected chi connectivity index (χ4v) is 7.86. The maximum Gasteiger partial charge on any atom is 0.225 e. The minimum atomic E-state index is 0.113. The van der Waals surface area contributed by atoms with Crippen LogP contribution in [0.15, 0.2) is 54.6 Å². The fraction of sp³-hybridized carbons (Fsp3) is 0.458. The van der Waals surface area contributed by atoms with Gasteiger partial charge >= 0.3 is 0 Å². The lowest BCUT2D eigenvalue weighted by molar-refractivity contribution is -0.123. The largest absolute Gasteiger partial charge is 0.455 e. The molecule has 2 aromatic carbocycles. The van der Waals surface area contributed by atoms with Crippen LogP contribution in [0.1, 0.15) is 44.9 Å². The van der Waals surface area contributed by atoms with Crippen LogP contribution < -0.4 is 10.1 Å². The van der Waals surface area contributed by atoms with E-state index >= 15 is 0 Å². The van der Waals surface area contributed by atoms with Gasteiger partial charge in [0.25, 0.3) is 0 Å². The van der Waals surface area contributed by atoms with Crippen LogP contribution in [-0.2, 0) is 4.79 Å². The van der Waals surface area contributed by atoms with Crippen LogP contribution in [0.2, 0.25) is 0 Å². The van der Waals surface area contributed by atoms with Gasteiger partial charge in [-0.05, 0) is 80.0 Å². The molecule has 2 aromatic rings. The molecule has 28 heavy (non-hydrogen) atoms. The average Bonchev–Trinajstić information content (AvgIpc) is 2.61. The highest BCUT2D eigenvalue weighted by molar-refractivity contribution is 9.10. The van der Waals surface area contributed by atoms with Crippen molar-refractivity contribution in [2.24, 2.45) is 17.3 Å². The van der Waals surface area contributed by atoms with Gasteiger partial charge in [-0.15, -0.1) is 0 Å². The summed E-state index contributed by atoms with van der Waals surface area (Å²) >= 11 is 4.05. The Hall–Kier alpha value is -1.81. The molecule has 0 aromatic heterocycles. The summed E-state index contributed by atoms with van der Waals surface area (Å²) in [4.78, 5) is 13.0. The molecular formula is C24H26BrNO2. The number of amides is 1. The van der Waals surface area contributed by atoms with Gasteiger partial charge < -0.3 is 10.1 Å². The highest BCUT2D eigenvalue weighted by Crippen LogP contribution is 2.65. The lowest BCUT2D eigenvalue weighted by atomic mass is 9.48. The van der Waals surface area contributed by atoms with Crippen LogP contribution in [0.4, 0.5) is 5.69 Å². The Bertz CT molecular complexity index is 867. The van der Waals surface area contributed by atoms with Crippen LogP contribution in [0.5, 0.6) is 11.5 Å². The first-order valence-corrected chi connectivity index (χ1v) is 11.1. The standard InChI is InChI=1S/C24H26BrNO2/c25-24-13-17-10-18(14-24)12-23(11-17,16-24)15-22(27)26-20-8-4-5-9-21(20)28-19-6-2-1-3-7-19/h1-9,17-18H,10-16H2,(H,26,27)/t17-,18+,23?,24?. The Balaban J connectivity index is 1.30. The number of alkyl halides is 1. The van der Waals surface area contributed by atoms with Gasteiger partial charge in [0.15, 0.2) is 5.75 Å². The van der Waals surface area contributed by atoms with E-state index in [0.717, 1.165) is 29.7 Å². The number of carbonyl (C=O) groups excluding carboxylic acids is 1. The predicted octanol–water partition coefficient (Wildman–Crippen LogP) is 6.54. The van der Waals surface area contributed by atoms with Crippen molar-refractivity contribution < 1.29 is 9.53 Å². The molecule has 4 atom stereocenters. The van der Waals surface area contributed by atoms with Crippen molar-refractivity contribution in [3.63, 3.8) is 0 Å². The topological polar surface area (TPSA) is 38.3 Å². The second-order valence-corrected chi connectivity index (χ2v) is 10.9. The summed E-state index contributed by atoms with van der Waals surface area (Å²) in [5, 5.41) is 3.14. The third-order valence-corrected chi connectivity index (χ3v) is 7.71. The summed E-state index contributed by atoms with van der Waals surface area (Å²) in [6, 6.07) is 17.4. The molecule has 1 amide bonds. The number of para-hydroxylation sites is 3. The molecule has 1 N–H and O–H groups in total. The first kappa shape index (κ1) is 18.2. The summed E-state index contributed by atoms with van der Waals surface area (Å²) < 4.78 is 6.28.